The van der Waals surface area contributed by atoms with Gasteiger partial charge in [-0.3, -0.25) is 4.79 Å². The molecule has 1 aliphatic rings. The predicted octanol–water partition coefficient (Wildman–Crippen LogP) is 1.82. The Hall–Kier alpha value is -1.26. The minimum Gasteiger partial charge on any atom is -0.378 e. The van der Waals surface area contributed by atoms with Gasteiger partial charge in [0.1, 0.15) is 0 Å². The van der Waals surface area contributed by atoms with Crippen LogP contribution in [0.15, 0.2) is 36.5 Å². The van der Waals surface area contributed by atoms with Crippen LogP contribution in [0.2, 0.25) is 0 Å². The smallest absolute Gasteiger partial charge is 0.218 e. The fraction of sp³-hybridized carbons (Fsp3) is 0.308. The first-order valence-corrected chi connectivity index (χ1v) is 6.04. The molecule has 1 aromatic rings. The van der Waals surface area contributed by atoms with Gasteiger partial charge < -0.3 is 9.64 Å². The summed E-state index contributed by atoms with van der Waals surface area (Å²) in [5, 5.41) is -0.206. The van der Waals surface area contributed by atoms with E-state index in [0.717, 1.165) is 18.7 Å². The second kappa shape index (κ2) is 5.89. The van der Waals surface area contributed by atoms with Crippen LogP contribution < -0.4 is 0 Å². The van der Waals surface area contributed by atoms with E-state index in [1.165, 1.54) is 0 Å². The van der Waals surface area contributed by atoms with Crippen molar-refractivity contribution in [2.45, 2.75) is 0 Å². The molecule has 0 unspecified atom stereocenters. The Balaban J connectivity index is 2.22. The summed E-state index contributed by atoms with van der Waals surface area (Å²) in [6, 6.07) is 9.60. The van der Waals surface area contributed by atoms with Gasteiger partial charge in [0.05, 0.1) is 18.8 Å². The monoisotopic (exact) mass is 249 g/mol. The molecular weight excluding hydrogens is 234 g/mol. The summed E-state index contributed by atoms with van der Waals surface area (Å²) in [5.41, 5.74) is 1.54. The standard InChI is InChI=1S/C13H15NO2S/c15-13(17)12(11-4-2-1-3-5-11)10-14-6-8-16-9-7-14/h1-5,10H,6-9H2,(H,15,17)/b12-10-. The van der Waals surface area contributed by atoms with Gasteiger partial charge in [0.15, 0.2) is 0 Å². The lowest BCUT2D eigenvalue weighted by molar-refractivity contribution is -0.106. The fourth-order valence-electron chi connectivity index (χ4n) is 1.76. The third-order valence-electron chi connectivity index (χ3n) is 2.67. The topological polar surface area (TPSA) is 29.5 Å². The third-order valence-corrected chi connectivity index (χ3v) is 2.91. The molecule has 0 aliphatic carbocycles. The maximum Gasteiger partial charge on any atom is 0.218 e. The molecule has 3 nitrogen and oxygen atoms in total. The number of hydrogen-bond donors (Lipinski definition) is 1. The molecule has 0 spiro atoms. The summed E-state index contributed by atoms with van der Waals surface area (Å²) in [6.45, 7) is 3.05. The normalized spacial score (nSPS) is 17.0. The summed E-state index contributed by atoms with van der Waals surface area (Å²) in [7, 11) is 0. The average Bonchev–Trinajstić information content (AvgIpc) is 2.38. The molecular formula is C13H15NO2S. The van der Waals surface area contributed by atoms with Crippen LogP contribution in [0.4, 0.5) is 0 Å². The molecule has 90 valence electrons. The Morgan fingerprint density at radius 1 is 1.24 bits per heavy atom. The predicted molar refractivity (Wildman–Crippen MR) is 70.8 cm³/mol. The van der Waals surface area contributed by atoms with E-state index in [1.807, 2.05) is 36.5 Å². The Morgan fingerprint density at radius 3 is 2.47 bits per heavy atom. The molecule has 0 atom stereocenters. The van der Waals surface area contributed by atoms with Gasteiger partial charge in [0, 0.05) is 19.3 Å². The molecule has 1 saturated heterocycles. The van der Waals surface area contributed by atoms with Crippen LogP contribution in [0.3, 0.4) is 0 Å². The van der Waals surface area contributed by atoms with Crippen molar-refractivity contribution in [1.82, 2.24) is 4.90 Å². The molecule has 1 fully saturated rings. The van der Waals surface area contributed by atoms with Gasteiger partial charge in [-0.2, -0.15) is 0 Å². The van der Waals surface area contributed by atoms with E-state index >= 15 is 0 Å². The van der Waals surface area contributed by atoms with Crippen molar-refractivity contribution in [3.63, 3.8) is 0 Å². The Labute approximate surface area is 106 Å². The fourth-order valence-corrected chi connectivity index (χ4v) is 1.95. The first-order valence-electron chi connectivity index (χ1n) is 5.60. The van der Waals surface area contributed by atoms with Crippen LogP contribution >= 0.6 is 12.6 Å². The van der Waals surface area contributed by atoms with E-state index < -0.39 is 0 Å². The molecule has 0 aromatic heterocycles. The molecule has 2 rings (SSSR count). The molecule has 0 N–H and O–H groups in total. The lowest BCUT2D eigenvalue weighted by Gasteiger charge is -2.26. The number of nitrogens with zero attached hydrogens (tertiary/aromatic N) is 1. The number of carbonyl (C=O) groups excluding carboxylic acids is 1. The van der Waals surface area contributed by atoms with Crippen LogP contribution in [-0.2, 0) is 9.53 Å². The molecule has 1 aliphatic heterocycles. The number of hydrogen-bond acceptors (Lipinski definition) is 3. The number of morpholine rings is 1. The van der Waals surface area contributed by atoms with Crippen LogP contribution in [0.25, 0.3) is 5.57 Å². The molecule has 0 saturated carbocycles. The number of rotatable bonds is 3. The van der Waals surface area contributed by atoms with Crippen LogP contribution in [-0.4, -0.2) is 36.3 Å². The van der Waals surface area contributed by atoms with Gasteiger partial charge >= 0.3 is 0 Å². The zero-order chi connectivity index (χ0) is 12.1. The first kappa shape index (κ1) is 12.2. The minimum atomic E-state index is -0.206. The van der Waals surface area contributed by atoms with E-state index in [9.17, 15) is 4.79 Å². The van der Waals surface area contributed by atoms with Crippen LogP contribution in [0, 0.1) is 0 Å². The van der Waals surface area contributed by atoms with Gasteiger partial charge in [0.2, 0.25) is 5.12 Å². The van der Waals surface area contributed by atoms with Crippen molar-refractivity contribution in [1.29, 1.82) is 0 Å². The van der Waals surface area contributed by atoms with Crippen molar-refractivity contribution < 1.29 is 9.53 Å². The molecule has 4 heteroatoms. The quantitative estimate of drug-likeness (QED) is 0.654. The van der Waals surface area contributed by atoms with Crippen molar-refractivity contribution >= 4 is 23.3 Å². The summed E-state index contributed by atoms with van der Waals surface area (Å²) in [5.74, 6) is 0. The van der Waals surface area contributed by atoms with Crippen molar-refractivity contribution in [3.8, 4) is 0 Å². The van der Waals surface area contributed by atoms with Gasteiger partial charge in [-0.15, -0.1) is 12.6 Å². The molecule has 17 heavy (non-hydrogen) atoms. The lowest BCUT2D eigenvalue weighted by atomic mass is 10.1. The maximum absolute atomic E-state index is 11.6. The van der Waals surface area contributed by atoms with Crippen molar-refractivity contribution in [2.24, 2.45) is 0 Å². The number of ether oxygens (including phenoxy) is 1. The highest BCUT2D eigenvalue weighted by molar-refractivity contribution is 7.98. The number of benzene rings is 1. The highest BCUT2D eigenvalue weighted by Crippen LogP contribution is 2.18. The molecule has 0 radical (unpaired) electrons. The van der Waals surface area contributed by atoms with Crippen molar-refractivity contribution in [3.05, 3.63) is 42.1 Å². The Bertz CT molecular complexity index is 411. The Kier molecular flexibility index (Phi) is 4.23. The second-order valence-electron chi connectivity index (χ2n) is 3.86. The lowest BCUT2D eigenvalue weighted by Crippen LogP contribution is -2.32. The molecule has 1 heterocycles. The Morgan fingerprint density at radius 2 is 1.88 bits per heavy atom. The highest BCUT2D eigenvalue weighted by atomic mass is 32.1. The van der Waals surface area contributed by atoms with E-state index in [-0.39, 0.29) is 5.12 Å². The van der Waals surface area contributed by atoms with Crippen LogP contribution in [0.1, 0.15) is 5.56 Å². The van der Waals surface area contributed by atoms with Crippen LogP contribution in [0.5, 0.6) is 0 Å². The SMILES string of the molecule is O=C(S)/C(=C\N1CCOCC1)c1ccccc1. The average molecular weight is 249 g/mol. The zero-order valence-electron chi connectivity index (χ0n) is 9.50. The van der Waals surface area contributed by atoms with Gasteiger partial charge in [-0.25, -0.2) is 0 Å². The maximum atomic E-state index is 11.6. The molecule has 1 aromatic carbocycles. The first-order chi connectivity index (χ1) is 8.27. The molecule has 0 amide bonds. The summed E-state index contributed by atoms with van der Waals surface area (Å²) in [6.07, 6.45) is 1.88. The number of thiol groups is 1. The number of carbonyl (C=O) groups is 1. The summed E-state index contributed by atoms with van der Waals surface area (Å²) in [4.78, 5) is 13.7. The summed E-state index contributed by atoms with van der Waals surface area (Å²) < 4.78 is 5.27. The van der Waals surface area contributed by atoms with E-state index in [0.29, 0.717) is 18.8 Å². The van der Waals surface area contributed by atoms with Gasteiger partial charge in [-0.1, -0.05) is 30.3 Å². The second-order valence-corrected chi connectivity index (χ2v) is 4.27. The molecule has 0 bridgehead atoms. The zero-order valence-corrected chi connectivity index (χ0v) is 10.4. The van der Waals surface area contributed by atoms with Crippen molar-refractivity contribution in [2.75, 3.05) is 26.3 Å². The van der Waals surface area contributed by atoms with E-state index in [4.69, 9.17) is 4.74 Å². The minimum absolute atomic E-state index is 0.206. The van der Waals surface area contributed by atoms with E-state index in [2.05, 4.69) is 17.5 Å². The largest absolute Gasteiger partial charge is 0.378 e. The van der Waals surface area contributed by atoms with Gasteiger partial charge in [0.25, 0.3) is 0 Å². The van der Waals surface area contributed by atoms with E-state index in [1.54, 1.807) is 0 Å². The van der Waals surface area contributed by atoms with Gasteiger partial charge in [-0.05, 0) is 5.56 Å². The highest BCUT2D eigenvalue weighted by Gasteiger charge is 2.12. The summed E-state index contributed by atoms with van der Waals surface area (Å²) >= 11 is 3.94. The third kappa shape index (κ3) is 3.35.